The molecule has 16 heavy (non-hydrogen) atoms. The molecule has 2 heterocycles. The molecule has 94 valence electrons. The molecule has 0 saturated carbocycles. The van der Waals surface area contributed by atoms with E-state index in [2.05, 4.69) is 17.1 Å². The zero-order chi connectivity index (χ0) is 11.4. The van der Waals surface area contributed by atoms with Crippen molar-refractivity contribution < 1.29 is 4.74 Å². The molecule has 3 heteroatoms. The van der Waals surface area contributed by atoms with Gasteiger partial charge in [-0.3, -0.25) is 4.90 Å². The fraction of sp³-hybridized carbons (Fsp3) is 1.00. The van der Waals surface area contributed by atoms with Crippen LogP contribution in [0.4, 0.5) is 0 Å². The van der Waals surface area contributed by atoms with Gasteiger partial charge in [-0.25, -0.2) is 0 Å². The summed E-state index contributed by atoms with van der Waals surface area (Å²) in [6, 6.07) is 0. The van der Waals surface area contributed by atoms with Crippen LogP contribution in [0.25, 0.3) is 0 Å². The highest BCUT2D eigenvalue weighted by Crippen LogP contribution is 2.35. The minimum Gasteiger partial charge on any atom is -0.384 e. The van der Waals surface area contributed by atoms with Crippen molar-refractivity contribution in [2.45, 2.75) is 38.1 Å². The Morgan fingerprint density at radius 3 is 2.88 bits per heavy atom. The smallest absolute Gasteiger partial charge is 0.0500 e. The van der Waals surface area contributed by atoms with Crippen molar-refractivity contribution in [3.8, 4) is 0 Å². The van der Waals surface area contributed by atoms with E-state index in [1.165, 1.54) is 51.9 Å². The highest BCUT2D eigenvalue weighted by Gasteiger charge is 2.41. The van der Waals surface area contributed by atoms with Crippen LogP contribution in [0, 0.1) is 5.92 Å². The lowest BCUT2D eigenvalue weighted by Crippen LogP contribution is -2.55. The maximum Gasteiger partial charge on any atom is 0.0500 e. The van der Waals surface area contributed by atoms with Crippen LogP contribution in [0.3, 0.4) is 0 Å². The standard InChI is InChI=1S/C13H26N2O/c1-12(10-16-2)9-15-8-4-6-13(15)5-3-7-14-11-13/h12,14H,3-11H2,1-2H3. The van der Waals surface area contributed by atoms with Gasteiger partial charge >= 0.3 is 0 Å². The molecule has 2 saturated heterocycles. The summed E-state index contributed by atoms with van der Waals surface area (Å²) >= 11 is 0. The molecule has 0 bridgehead atoms. The molecule has 0 aromatic heterocycles. The number of methoxy groups -OCH3 is 1. The Bertz CT molecular complexity index is 214. The number of ether oxygens (including phenoxy) is 1. The molecule has 1 N–H and O–H groups in total. The zero-order valence-corrected chi connectivity index (χ0v) is 10.8. The Morgan fingerprint density at radius 1 is 1.38 bits per heavy atom. The third kappa shape index (κ3) is 2.58. The Labute approximate surface area is 99.5 Å². The van der Waals surface area contributed by atoms with E-state index in [9.17, 15) is 0 Å². The predicted molar refractivity (Wildman–Crippen MR) is 66.7 cm³/mol. The van der Waals surface area contributed by atoms with Crippen molar-refractivity contribution in [1.29, 1.82) is 0 Å². The van der Waals surface area contributed by atoms with Crippen LogP contribution >= 0.6 is 0 Å². The lowest BCUT2D eigenvalue weighted by Gasteiger charge is -2.43. The van der Waals surface area contributed by atoms with E-state index in [4.69, 9.17) is 4.74 Å². The molecule has 0 aromatic carbocycles. The van der Waals surface area contributed by atoms with E-state index >= 15 is 0 Å². The van der Waals surface area contributed by atoms with E-state index in [1.54, 1.807) is 7.11 Å². The van der Waals surface area contributed by atoms with E-state index in [0.29, 0.717) is 11.5 Å². The molecule has 2 fully saturated rings. The number of piperidine rings is 1. The van der Waals surface area contributed by atoms with Gasteiger partial charge in [-0.05, 0) is 44.7 Å². The monoisotopic (exact) mass is 226 g/mol. The molecule has 1 spiro atoms. The van der Waals surface area contributed by atoms with Gasteiger partial charge in [0.25, 0.3) is 0 Å². The van der Waals surface area contributed by atoms with Gasteiger partial charge in [-0.1, -0.05) is 6.92 Å². The van der Waals surface area contributed by atoms with Crippen molar-refractivity contribution >= 4 is 0 Å². The SMILES string of the molecule is COCC(C)CN1CCCC12CCCNC2. The molecule has 0 amide bonds. The molecule has 2 aliphatic rings. The Hall–Kier alpha value is -0.120. The van der Waals surface area contributed by atoms with Crippen molar-refractivity contribution in [2.75, 3.05) is 39.9 Å². The highest BCUT2D eigenvalue weighted by molar-refractivity contribution is 4.99. The first-order chi connectivity index (χ1) is 7.77. The van der Waals surface area contributed by atoms with Crippen LogP contribution in [0.2, 0.25) is 0 Å². The van der Waals surface area contributed by atoms with Crippen molar-refractivity contribution in [1.82, 2.24) is 10.2 Å². The molecule has 2 aliphatic heterocycles. The molecule has 3 nitrogen and oxygen atoms in total. The fourth-order valence-corrected chi connectivity index (χ4v) is 3.43. The summed E-state index contributed by atoms with van der Waals surface area (Å²) in [7, 11) is 1.80. The molecule has 2 atom stereocenters. The summed E-state index contributed by atoms with van der Waals surface area (Å²) < 4.78 is 5.25. The maximum absolute atomic E-state index is 5.25. The second-order valence-corrected chi connectivity index (χ2v) is 5.61. The summed E-state index contributed by atoms with van der Waals surface area (Å²) in [5.74, 6) is 0.655. The Morgan fingerprint density at radius 2 is 2.19 bits per heavy atom. The molecular formula is C13H26N2O. The number of hydrogen-bond donors (Lipinski definition) is 1. The third-order valence-electron chi connectivity index (χ3n) is 4.17. The van der Waals surface area contributed by atoms with Gasteiger partial charge in [-0.2, -0.15) is 0 Å². The van der Waals surface area contributed by atoms with Crippen molar-refractivity contribution in [3.63, 3.8) is 0 Å². The topological polar surface area (TPSA) is 24.5 Å². The van der Waals surface area contributed by atoms with Crippen LogP contribution < -0.4 is 5.32 Å². The minimum absolute atomic E-state index is 0.486. The lowest BCUT2D eigenvalue weighted by molar-refractivity contribution is 0.0673. The van der Waals surface area contributed by atoms with Crippen molar-refractivity contribution in [3.05, 3.63) is 0 Å². The molecule has 0 radical (unpaired) electrons. The van der Waals surface area contributed by atoms with Crippen LogP contribution in [-0.4, -0.2) is 50.3 Å². The number of rotatable bonds is 4. The number of hydrogen-bond acceptors (Lipinski definition) is 3. The average Bonchev–Trinajstić information content (AvgIpc) is 2.63. The normalized spacial score (nSPS) is 33.4. The van der Waals surface area contributed by atoms with Gasteiger partial charge in [-0.15, -0.1) is 0 Å². The number of nitrogens with zero attached hydrogens (tertiary/aromatic N) is 1. The third-order valence-corrected chi connectivity index (χ3v) is 4.17. The first kappa shape index (κ1) is 12.3. The first-order valence-corrected chi connectivity index (χ1v) is 6.71. The number of likely N-dealkylation sites (tertiary alicyclic amines) is 1. The van der Waals surface area contributed by atoms with E-state index in [0.717, 1.165) is 6.61 Å². The van der Waals surface area contributed by atoms with Crippen LogP contribution in [0.1, 0.15) is 32.6 Å². The van der Waals surface area contributed by atoms with Gasteiger partial charge in [0.15, 0.2) is 0 Å². The van der Waals surface area contributed by atoms with Gasteiger partial charge < -0.3 is 10.1 Å². The van der Waals surface area contributed by atoms with E-state index in [-0.39, 0.29) is 0 Å². The molecule has 0 aliphatic carbocycles. The minimum atomic E-state index is 0.486. The Balaban J connectivity index is 1.91. The average molecular weight is 226 g/mol. The van der Waals surface area contributed by atoms with Crippen LogP contribution in [0.15, 0.2) is 0 Å². The van der Waals surface area contributed by atoms with Gasteiger partial charge in [0.2, 0.25) is 0 Å². The molecule has 2 unspecified atom stereocenters. The molecular weight excluding hydrogens is 200 g/mol. The summed E-state index contributed by atoms with van der Waals surface area (Å²) in [6.45, 7) is 8.09. The van der Waals surface area contributed by atoms with Crippen LogP contribution in [-0.2, 0) is 4.74 Å². The summed E-state index contributed by atoms with van der Waals surface area (Å²) in [6.07, 6.45) is 5.50. The van der Waals surface area contributed by atoms with Crippen molar-refractivity contribution in [2.24, 2.45) is 5.92 Å². The quantitative estimate of drug-likeness (QED) is 0.786. The predicted octanol–water partition coefficient (Wildman–Crippen LogP) is 1.49. The van der Waals surface area contributed by atoms with Gasteiger partial charge in [0.05, 0.1) is 0 Å². The maximum atomic E-state index is 5.25. The summed E-state index contributed by atoms with van der Waals surface area (Å²) in [5.41, 5.74) is 0.486. The Kier molecular flexibility index (Phi) is 4.22. The second kappa shape index (κ2) is 5.48. The summed E-state index contributed by atoms with van der Waals surface area (Å²) in [4.78, 5) is 2.73. The van der Waals surface area contributed by atoms with E-state index < -0.39 is 0 Å². The van der Waals surface area contributed by atoms with Gasteiger partial charge in [0.1, 0.15) is 0 Å². The second-order valence-electron chi connectivity index (χ2n) is 5.61. The highest BCUT2D eigenvalue weighted by atomic mass is 16.5. The zero-order valence-electron chi connectivity index (χ0n) is 10.8. The molecule has 2 rings (SSSR count). The largest absolute Gasteiger partial charge is 0.384 e. The lowest BCUT2D eigenvalue weighted by atomic mass is 9.87. The van der Waals surface area contributed by atoms with Gasteiger partial charge in [0, 0.05) is 32.3 Å². The molecule has 0 aromatic rings. The summed E-state index contributed by atoms with van der Waals surface area (Å²) in [5, 5.41) is 3.58. The van der Waals surface area contributed by atoms with E-state index in [1.807, 2.05) is 0 Å². The fourth-order valence-electron chi connectivity index (χ4n) is 3.43. The van der Waals surface area contributed by atoms with Crippen LogP contribution in [0.5, 0.6) is 0 Å². The number of nitrogens with one attached hydrogen (secondary N) is 1. The first-order valence-electron chi connectivity index (χ1n) is 6.71.